The second-order valence-electron chi connectivity index (χ2n) is 2.88. The summed E-state index contributed by atoms with van der Waals surface area (Å²) in [7, 11) is 0. The van der Waals surface area contributed by atoms with Crippen molar-refractivity contribution in [2.75, 3.05) is 13.1 Å². The number of likely N-dealkylation sites (tertiary alicyclic amines) is 1. The van der Waals surface area contributed by atoms with E-state index in [1.54, 1.807) is 4.90 Å². The van der Waals surface area contributed by atoms with Crippen LogP contribution in [0.3, 0.4) is 0 Å². The second kappa shape index (κ2) is 2.89. The lowest BCUT2D eigenvalue weighted by molar-refractivity contribution is 0.0515. The van der Waals surface area contributed by atoms with Crippen LogP contribution in [-0.4, -0.2) is 29.2 Å². The van der Waals surface area contributed by atoms with E-state index in [-0.39, 0.29) is 6.10 Å². The molecule has 1 aliphatic heterocycles. The van der Waals surface area contributed by atoms with Gasteiger partial charge >= 0.3 is 0 Å². The van der Waals surface area contributed by atoms with Gasteiger partial charge in [-0.1, -0.05) is 6.92 Å². The fourth-order valence-corrected chi connectivity index (χ4v) is 1.14. The molecule has 0 aromatic carbocycles. The SMILES string of the molecule is CC1CCN(C#N)CC1O. The molecular weight excluding hydrogens is 128 g/mol. The standard InChI is InChI=1S/C7H12N2O/c1-6-2-3-9(5-8)4-7(6)10/h6-7,10H,2-4H2,1H3. The van der Waals surface area contributed by atoms with Gasteiger partial charge in [0.05, 0.1) is 12.6 Å². The summed E-state index contributed by atoms with van der Waals surface area (Å²) >= 11 is 0. The van der Waals surface area contributed by atoms with Gasteiger partial charge in [0.1, 0.15) is 0 Å². The molecule has 0 radical (unpaired) electrons. The molecule has 2 atom stereocenters. The molecule has 1 heterocycles. The molecule has 0 bridgehead atoms. The Balaban J connectivity index is 2.42. The number of nitrogens with zero attached hydrogens (tertiary/aromatic N) is 2. The summed E-state index contributed by atoms with van der Waals surface area (Å²) in [4.78, 5) is 1.60. The Kier molecular flexibility index (Phi) is 2.13. The molecule has 1 saturated heterocycles. The molecule has 1 N–H and O–H groups in total. The first-order chi connectivity index (χ1) is 4.74. The zero-order chi connectivity index (χ0) is 7.56. The molecule has 56 valence electrons. The van der Waals surface area contributed by atoms with Crippen molar-refractivity contribution >= 4 is 0 Å². The summed E-state index contributed by atoms with van der Waals surface area (Å²) in [5, 5.41) is 17.7. The molecule has 0 amide bonds. The number of hydrogen-bond acceptors (Lipinski definition) is 3. The first kappa shape index (κ1) is 7.36. The first-order valence-electron chi connectivity index (χ1n) is 3.57. The third kappa shape index (κ3) is 1.39. The van der Waals surface area contributed by atoms with Crippen LogP contribution in [0.5, 0.6) is 0 Å². The second-order valence-corrected chi connectivity index (χ2v) is 2.88. The highest BCUT2D eigenvalue weighted by molar-refractivity contribution is 4.84. The summed E-state index contributed by atoms with van der Waals surface area (Å²) in [5.74, 6) is 0.351. The van der Waals surface area contributed by atoms with Crippen LogP contribution in [0.25, 0.3) is 0 Å². The van der Waals surface area contributed by atoms with Crippen LogP contribution in [0, 0.1) is 17.4 Å². The minimum absolute atomic E-state index is 0.312. The number of nitriles is 1. The topological polar surface area (TPSA) is 47.3 Å². The molecule has 10 heavy (non-hydrogen) atoms. The van der Waals surface area contributed by atoms with Gasteiger partial charge in [-0.25, -0.2) is 0 Å². The van der Waals surface area contributed by atoms with Gasteiger partial charge in [-0.05, 0) is 12.3 Å². The number of β-amino-alcohol motifs (C(OH)–C–C–N with tert-alkyl or cyclic N) is 1. The average molecular weight is 140 g/mol. The molecule has 0 saturated carbocycles. The predicted molar refractivity (Wildman–Crippen MR) is 37.0 cm³/mol. The van der Waals surface area contributed by atoms with Crippen LogP contribution in [0.2, 0.25) is 0 Å². The molecule has 1 aliphatic rings. The Morgan fingerprint density at radius 3 is 2.90 bits per heavy atom. The van der Waals surface area contributed by atoms with Crippen molar-refractivity contribution in [3.63, 3.8) is 0 Å². The summed E-state index contributed by atoms with van der Waals surface area (Å²) in [5.41, 5.74) is 0. The van der Waals surface area contributed by atoms with Gasteiger partial charge in [0.15, 0.2) is 6.19 Å². The molecule has 1 rings (SSSR count). The molecule has 3 nitrogen and oxygen atoms in total. The summed E-state index contributed by atoms with van der Waals surface area (Å²) < 4.78 is 0. The van der Waals surface area contributed by atoms with Crippen LogP contribution in [0.1, 0.15) is 13.3 Å². The molecule has 3 heteroatoms. The zero-order valence-electron chi connectivity index (χ0n) is 6.12. The highest BCUT2D eigenvalue weighted by Crippen LogP contribution is 2.15. The van der Waals surface area contributed by atoms with E-state index in [0.29, 0.717) is 12.5 Å². The molecule has 0 aliphatic carbocycles. The fourth-order valence-electron chi connectivity index (χ4n) is 1.14. The van der Waals surface area contributed by atoms with Crippen LogP contribution in [-0.2, 0) is 0 Å². The zero-order valence-corrected chi connectivity index (χ0v) is 6.12. The van der Waals surface area contributed by atoms with Gasteiger partial charge in [0, 0.05) is 6.54 Å². The number of aliphatic hydroxyl groups is 1. The van der Waals surface area contributed by atoms with E-state index >= 15 is 0 Å². The number of aliphatic hydroxyl groups excluding tert-OH is 1. The number of piperidine rings is 1. The summed E-state index contributed by atoms with van der Waals surface area (Å²) in [6.45, 7) is 3.33. The first-order valence-corrected chi connectivity index (χ1v) is 3.57. The molecule has 0 aromatic rings. The third-order valence-electron chi connectivity index (χ3n) is 2.06. The van der Waals surface area contributed by atoms with Crippen LogP contribution in [0.15, 0.2) is 0 Å². The third-order valence-corrected chi connectivity index (χ3v) is 2.06. The molecule has 2 unspecified atom stereocenters. The van der Waals surface area contributed by atoms with Crippen LogP contribution in [0.4, 0.5) is 0 Å². The van der Waals surface area contributed by atoms with E-state index in [0.717, 1.165) is 13.0 Å². The van der Waals surface area contributed by atoms with Crippen molar-refractivity contribution in [2.24, 2.45) is 5.92 Å². The van der Waals surface area contributed by atoms with Gasteiger partial charge in [-0.2, -0.15) is 5.26 Å². The lowest BCUT2D eigenvalue weighted by Crippen LogP contribution is -2.40. The lowest BCUT2D eigenvalue weighted by Gasteiger charge is -2.30. The highest BCUT2D eigenvalue weighted by Gasteiger charge is 2.22. The Labute approximate surface area is 60.9 Å². The van der Waals surface area contributed by atoms with Gasteiger partial charge in [-0.15, -0.1) is 0 Å². The minimum Gasteiger partial charge on any atom is -0.391 e. The highest BCUT2D eigenvalue weighted by atomic mass is 16.3. The lowest BCUT2D eigenvalue weighted by atomic mass is 9.97. The quantitative estimate of drug-likeness (QED) is 0.488. The van der Waals surface area contributed by atoms with Gasteiger partial charge in [-0.3, -0.25) is 0 Å². The normalized spacial score (nSPS) is 33.5. The Hall–Kier alpha value is -0.750. The van der Waals surface area contributed by atoms with Crippen molar-refractivity contribution in [2.45, 2.75) is 19.4 Å². The Bertz CT molecular complexity index is 152. The van der Waals surface area contributed by atoms with Crippen molar-refractivity contribution in [1.82, 2.24) is 4.90 Å². The predicted octanol–water partition coefficient (Wildman–Crippen LogP) is 0.170. The van der Waals surface area contributed by atoms with E-state index in [1.165, 1.54) is 0 Å². The fraction of sp³-hybridized carbons (Fsp3) is 0.857. The summed E-state index contributed by atoms with van der Waals surface area (Å²) in [6, 6.07) is 0. The number of rotatable bonds is 0. The maximum atomic E-state index is 9.29. The van der Waals surface area contributed by atoms with Gasteiger partial charge < -0.3 is 10.0 Å². The van der Waals surface area contributed by atoms with E-state index < -0.39 is 0 Å². The Morgan fingerprint density at radius 1 is 1.70 bits per heavy atom. The van der Waals surface area contributed by atoms with Crippen LogP contribution >= 0.6 is 0 Å². The number of hydrogen-bond donors (Lipinski definition) is 1. The summed E-state index contributed by atoms with van der Waals surface area (Å²) in [6.07, 6.45) is 2.64. The molecule has 1 fully saturated rings. The van der Waals surface area contributed by atoms with Crippen molar-refractivity contribution in [3.05, 3.63) is 0 Å². The maximum Gasteiger partial charge on any atom is 0.179 e. The largest absolute Gasteiger partial charge is 0.391 e. The van der Waals surface area contributed by atoms with Crippen molar-refractivity contribution in [1.29, 1.82) is 5.26 Å². The smallest absolute Gasteiger partial charge is 0.179 e. The van der Waals surface area contributed by atoms with Crippen molar-refractivity contribution < 1.29 is 5.11 Å². The minimum atomic E-state index is -0.312. The van der Waals surface area contributed by atoms with E-state index in [9.17, 15) is 5.11 Å². The maximum absolute atomic E-state index is 9.29. The molecule has 0 aromatic heterocycles. The molecular formula is C7H12N2O. The monoisotopic (exact) mass is 140 g/mol. The molecule has 0 spiro atoms. The van der Waals surface area contributed by atoms with Gasteiger partial charge in [0.2, 0.25) is 0 Å². The van der Waals surface area contributed by atoms with Crippen LogP contribution < -0.4 is 0 Å². The average Bonchev–Trinajstić information content (AvgIpc) is 1.95. The van der Waals surface area contributed by atoms with Gasteiger partial charge in [0.25, 0.3) is 0 Å². The van der Waals surface area contributed by atoms with E-state index in [2.05, 4.69) is 0 Å². The van der Waals surface area contributed by atoms with E-state index in [4.69, 9.17) is 5.26 Å². The van der Waals surface area contributed by atoms with E-state index in [1.807, 2.05) is 13.1 Å². The van der Waals surface area contributed by atoms with Crippen molar-refractivity contribution in [3.8, 4) is 6.19 Å². The Morgan fingerprint density at radius 2 is 2.40 bits per heavy atom.